The molecule has 0 aliphatic rings. The van der Waals surface area contributed by atoms with Gasteiger partial charge in [0.1, 0.15) is 0 Å². The maximum atomic E-state index is 11.3. The third-order valence-corrected chi connectivity index (χ3v) is 1.80. The standard InChI is InChI=1S/C10H15NO4S/c1-3-14-9(12)6-5-8(11-7-16)10(13)15-4-2/h8H,3-6H2,1-2H3. The molecular weight excluding hydrogens is 230 g/mol. The van der Waals surface area contributed by atoms with Crippen LogP contribution >= 0.6 is 12.2 Å². The van der Waals surface area contributed by atoms with Gasteiger partial charge in [0.15, 0.2) is 6.04 Å². The molecule has 6 heteroatoms. The summed E-state index contributed by atoms with van der Waals surface area (Å²) in [5, 5.41) is 2.12. The van der Waals surface area contributed by atoms with Gasteiger partial charge >= 0.3 is 11.9 Å². The van der Waals surface area contributed by atoms with Crippen LogP contribution in [0.5, 0.6) is 0 Å². The Morgan fingerprint density at radius 3 is 2.44 bits per heavy atom. The van der Waals surface area contributed by atoms with Gasteiger partial charge in [-0.15, -0.1) is 0 Å². The first-order valence-corrected chi connectivity index (χ1v) is 5.45. The number of hydrogen-bond acceptors (Lipinski definition) is 6. The van der Waals surface area contributed by atoms with Crippen LogP contribution < -0.4 is 0 Å². The molecule has 0 saturated heterocycles. The second-order valence-corrected chi connectivity index (χ2v) is 3.01. The Kier molecular flexibility index (Phi) is 8.29. The maximum absolute atomic E-state index is 11.3. The van der Waals surface area contributed by atoms with Gasteiger partial charge in [-0.25, -0.2) is 9.79 Å². The number of ether oxygens (including phenoxy) is 2. The van der Waals surface area contributed by atoms with E-state index in [1.165, 1.54) is 0 Å². The van der Waals surface area contributed by atoms with E-state index in [0.29, 0.717) is 6.61 Å². The molecule has 0 heterocycles. The fourth-order valence-corrected chi connectivity index (χ4v) is 1.15. The maximum Gasteiger partial charge on any atom is 0.331 e. The highest BCUT2D eigenvalue weighted by Gasteiger charge is 2.19. The molecule has 0 rings (SSSR count). The number of thiocarbonyl (C=S) groups is 1. The Morgan fingerprint density at radius 1 is 1.31 bits per heavy atom. The third-order valence-electron chi connectivity index (χ3n) is 1.69. The monoisotopic (exact) mass is 245 g/mol. The predicted molar refractivity (Wildman–Crippen MR) is 61.3 cm³/mol. The van der Waals surface area contributed by atoms with Crippen molar-refractivity contribution in [3.63, 3.8) is 0 Å². The molecule has 0 amide bonds. The molecule has 0 aromatic rings. The molecule has 0 aliphatic heterocycles. The largest absolute Gasteiger partial charge is 0.466 e. The number of isothiocyanates is 1. The third kappa shape index (κ3) is 6.27. The van der Waals surface area contributed by atoms with Crippen molar-refractivity contribution in [3.05, 3.63) is 0 Å². The predicted octanol–water partition coefficient (Wildman–Crippen LogP) is 1.36. The molecular formula is C10H15NO4S. The summed E-state index contributed by atoms with van der Waals surface area (Å²) in [5.74, 6) is -0.861. The Morgan fingerprint density at radius 2 is 1.94 bits per heavy atom. The topological polar surface area (TPSA) is 65.0 Å². The molecule has 1 atom stereocenters. The molecule has 16 heavy (non-hydrogen) atoms. The fraction of sp³-hybridized carbons (Fsp3) is 0.700. The van der Waals surface area contributed by atoms with Crippen molar-refractivity contribution in [1.29, 1.82) is 0 Å². The molecule has 0 N–H and O–H groups in total. The molecule has 90 valence electrons. The highest BCUT2D eigenvalue weighted by atomic mass is 32.1. The summed E-state index contributed by atoms with van der Waals surface area (Å²) < 4.78 is 9.51. The first-order chi connectivity index (χ1) is 7.65. The van der Waals surface area contributed by atoms with E-state index in [1.54, 1.807) is 13.8 Å². The molecule has 5 nitrogen and oxygen atoms in total. The van der Waals surface area contributed by atoms with Crippen LogP contribution in [0.1, 0.15) is 26.7 Å². The second-order valence-electron chi connectivity index (χ2n) is 2.83. The average Bonchev–Trinajstić information content (AvgIpc) is 2.24. The van der Waals surface area contributed by atoms with Crippen LogP contribution in [0, 0.1) is 0 Å². The fourth-order valence-electron chi connectivity index (χ4n) is 1.02. The Bertz CT molecular complexity index is 287. The highest BCUT2D eigenvalue weighted by molar-refractivity contribution is 7.78. The first kappa shape index (κ1) is 14.7. The Balaban J connectivity index is 4.18. The van der Waals surface area contributed by atoms with Crippen LogP contribution in [0.25, 0.3) is 0 Å². The van der Waals surface area contributed by atoms with Gasteiger partial charge in [-0.05, 0) is 32.5 Å². The van der Waals surface area contributed by atoms with E-state index in [4.69, 9.17) is 9.47 Å². The van der Waals surface area contributed by atoms with Crippen molar-refractivity contribution in [2.75, 3.05) is 13.2 Å². The molecule has 0 aromatic heterocycles. The minimum atomic E-state index is -0.762. The summed E-state index contributed by atoms with van der Waals surface area (Å²) in [4.78, 5) is 26.1. The quantitative estimate of drug-likeness (QED) is 0.385. The number of carbonyl (C=O) groups is 2. The van der Waals surface area contributed by atoms with Gasteiger partial charge in [-0.3, -0.25) is 4.79 Å². The number of hydrogen-bond donors (Lipinski definition) is 0. The number of esters is 2. The zero-order valence-corrected chi connectivity index (χ0v) is 10.2. The lowest BCUT2D eigenvalue weighted by Crippen LogP contribution is -2.22. The van der Waals surface area contributed by atoms with Gasteiger partial charge < -0.3 is 9.47 Å². The van der Waals surface area contributed by atoms with Crippen molar-refractivity contribution in [1.82, 2.24) is 0 Å². The number of nitrogens with zero attached hydrogens (tertiary/aromatic N) is 1. The summed E-state index contributed by atoms with van der Waals surface area (Å²) in [7, 11) is 0. The van der Waals surface area contributed by atoms with Crippen LogP contribution in [-0.2, 0) is 19.1 Å². The van der Waals surface area contributed by atoms with Gasteiger partial charge in [-0.1, -0.05) is 0 Å². The lowest BCUT2D eigenvalue weighted by Gasteiger charge is -2.09. The summed E-state index contributed by atoms with van der Waals surface area (Å²) in [5.41, 5.74) is 0. The van der Waals surface area contributed by atoms with E-state index in [-0.39, 0.29) is 25.4 Å². The van der Waals surface area contributed by atoms with Gasteiger partial charge in [-0.2, -0.15) is 0 Å². The van der Waals surface area contributed by atoms with Crippen molar-refractivity contribution < 1.29 is 19.1 Å². The van der Waals surface area contributed by atoms with E-state index in [2.05, 4.69) is 22.4 Å². The van der Waals surface area contributed by atoms with Crippen molar-refractivity contribution >= 4 is 29.3 Å². The minimum Gasteiger partial charge on any atom is -0.466 e. The van der Waals surface area contributed by atoms with Gasteiger partial charge in [0, 0.05) is 6.42 Å². The molecule has 0 saturated carbocycles. The summed E-state index contributed by atoms with van der Waals surface area (Å²) in [6, 6.07) is -0.762. The van der Waals surface area contributed by atoms with Crippen LogP contribution in [0.3, 0.4) is 0 Å². The van der Waals surface area contributed by atoms with Gasteiger partial charge in [0.2, 0.25) is 0 Å². The molecule has 0 spiro atoms. The first-order valence-electron chi connectivity index (χ1n) is 5.04. The second kappa shape index (κ2) is 9.00. The summed E-state index contributed by atoms with van der Waals surface area (Å²) in [6.07, 6.45) is 0.332. The minimum absolute atomic E-state index is 0.109. The lowest BCUT2D eigenvalue weighted by atomic mass is 10.1. The Labute approximate surface area is 99.8 Å². The van der Waals surface area contributed by atoms with E-state index >= 15 is 0 Å². The summed E-state index contributed by atoms with van der Waals surface area (Å²) >= 11 is 4.42. The van der Waals surface area contributed by atoms with Crippen LogP contribution in [0.2, 0.25) is 0 Å². The summed E-state index contributed by atoms with van der Waals surface area (Å²) in [6.45, 7) is 4.00. The molecule has 0 bridgehead atoms. The van der Waals surface area contributed by atoms with Crippen molar-refractivity contribution in [2.45, 2.75) is 32.7 Å². The van der Waals surface area contributed by atoms with E-state index in [1.807, 2.05) is 0 Å². The van der Waals surface area contributed by atoms with E-state index < -0.39 is 12.0 Å². The zero-order valence-electron chi connectivity index (χ0n) is 9.39. The normalized spacial score (nSPS) is 11.1. The van der Waals surface area contributed by atoms with Gasteiger partial charge in [0.25, 0.3) is 0 Å². The highest BCUT2D eigenvalue weighted by Crippen LogP contribution is 2.05. The van der Waals surface area contributed by atoms with Crippen molar-refractivity contribution in [3.8, 4) is 0 Å². The van der Waals surface area contributed by atoms with E-state index in [9.17, 15) is 9.59 Å². The molecule has 0 fully saturated rings. The van der Waals surface area contributed by atoms with Crippen LogP contribution in [-0.4, -0.2) is 36.4 Å². The van der Waals surface area contributed by atoms with Gasteiger partial charge in [0.05, 0.1) is 18.4 Å². The Hall–Kier alpha value is -1.26. The SMILES string of the molecule is CCOC(=O)CCC(N=C=S)C(=O)OCC. The van der Waals surface area contributed by atoms with E-state index in [0.717, 1.165) is 0 Å². The zero-order chi connectivity index (χ0) is 12.4. The number of aliphatic imine (C=N–C) groups is 1. The van der Waals surface area contributed by atoms with Crippen LogP contribution in [0.15, 0.2) is 4.99 Å². The molecule has 0 aromatic carbocycles. The molecule has 0 aliphatic carbocycles. The van der Waals surface area contributed by atoms with Crippen LogP contribution in [0.4, 0.5) is 0 Å². The number of rotatable bonds is 7. The molecule has 1 unspecified atom stereocenters. The average molecular weight is 245 g/mol. The number of carbonyl (C=O) groups excluding carboxylic acids is 2. The molecule has 0 radical (unpaired) electrons. The lowest BCUT2D eigenvalue weighted by molar-refractivity contribution is -0.146. The van der Waals surface area contributed by atoms with Crippen molar-refractivity contribution in [2.24, 2.45) is 4.99 Å². The smallest absolute Gasteiger partial charge is 0.331 e.